The second kappa shape index (κ2) is 14.9. The topological polar surface area (TPSA) is 147 Å². The Labute approximate surface area is 242 Å². The molecular formula is C28H46N4O6S2. The monoisotopic (exact) mass is 598 g/mol. The Morgan fingerprint density at radius 3 is 2.20 bits per heavy atom. The maximum absolute atomic E-state index is 13.7. The third-order valence-electron chi connectivity index (χ3n) is 9.00. The number of aromatic nitrogens is 1. The van der Waals surface area contributed by atoms with Crippen LogP contribution in [0.15, 0.2) is 5.38 Å². The molecule has 4 N–H and O–H groups in total. The summed E-state index contributed by atoms with van der Waals surface area (Å²) in [5.74, 6) is 0.926. The van der Waals surface area contributed by atoms with E-state index >= 15 is 0 Å². The predicted octanol–water partition coefficient (Wildman–Crippen LogP) is 5.38. The van der Waals surface area contributed by atoms with Gasteiger partial charge in [0.15, 0.2) is 0 Å². The van der Waals surface area contributed by atoms with Gasteiger partial charge in [0.1, 0.15) is 11.0 Å². The number of ether oxygens (including phenoxy) is 1. The first-order valence-corrected chi connectivity index (χ1v) is 17.4. The van der Waals surface area contributed by atoms with Gasteiger partial charge in [-0.15, -0.1) is 11.3 Å². The zero-order chi connectivity index (χ0) is 28.5. The molecule has 4 rings (SSSR count). The minimum atomic E-state index is -4.23. The average Bonchev–Trinajstić information content (AvgIpc) is 3.44. The fourth-order valence-electron chi connectivity index (χ4n) is 6.79. The summed E-state index contributed by atoms with van der Waals surface area (Å²) >= 11 is 1.59. The van der Waals surface area contributed by atoms with Crippen LogP contribution in [-0.2, 0) is 19.8 Å². The lowest BCUT2D eigenvalue weighted by molar-refractivity contribution is -0.124. The molecule has 2 atom stereocenters. The van der Waals surface area contributed by atoms with Gasteiger partial charge in [0.05, 0.1) is 18.8 Å². The molecule has 1 heterocycles. The van der Waals surface area contributed by atoms with Crippen LogP contribution in [0.2, 0.25) is 0 Å². The Morgan fingerprint density at radius 1 is 0.950 bits per heavy atom. The number of amides is 2. The molecule has 2 amide bonds. The first-order chi connectivity index (χ1) is 19.2. The van der Waals surface area contributed by atoms with Crippen LogP contribution in [0.4, 0.5) is 4.79 Å². The van der Waals surface area contributed by atoms with Crippen molar-refractivity contribution >= 4 is 33.6 Å². The molecule has 0 bridgehead atoms. The highest BCUT2D eigenvalue weighted by Crippen LogP contribution is 2.37. The van der Waals surface area contributed by atoms with Crippen LogP contribution in [0.25, 0.3) is 0 Å². The van der Waals surface area contributed by atoms with Crippen LogP contribution in [0.1, 0.15) is 125 Å². The molecule has 1 aromatic heterocycles. The van der Waals surface area contributed by atoms with Crippen LogP contribution in [0.3, 0.4) is 0 Å². The highest BCUT2D eigenvalue weighted by Gasteiger charge is 2.32. The second-order valence-corrected chi connectivity index (χ2v) is 14.1. The largest absolute Gasteiger partial charge is 0.453 e. The van der Waals surface area contributed by atoms with Gasteiger partial charge in [-0.05, 0) is 63.2 Å². The molecular weight excluding hydrogens is 552 g/mol. The molecule has 3 aliphatic carbocycles. The van der Waals surface area contributed by atoms with Crippen molar-refractivity contribution in [3.05, 3.63) is 16.1 Å². The predicted molar refractivity (Wildman–Crippen MR) is 154 cm³/mol. The summed E-state index contributed by atoms with van der Waals surface area (Å²) < 4.78 is 38.8. The van der Waals surface area contributed by atoms with E-state index in [1.807, 2.05) is 0 Å². The van der Waals surface area contributed by atoms with Crippen molar-refractivity contribution < 1.29 is 27.3 Å². The molecule has 0 spiro atoms. The van der Waals surface area contributed by atoms with E-state index < -0.39 is 22.4 Å². The summed E-state index contributed by atoms with van der Waals surface area (Å²) in [4.78, 5) is 30.9. The number of methoxy groups -OCH3 is 1. The van der Waals surface area contributed by atoms with E-state index in [-0.39, 0.29) is 23.9 Å². The first kappa shape index (κ1) is 31.2. The van der Waals surface area contributed by atoms with Crippen molar-refractivity contribution in [1.82, 2.24) is 20.3 Å². The molecule has 12 heteroatoms. The molecule has 0 unspecified atom stereocenters. The molecule has 3 saturated carbocycles. The zero-order valence-electron chi connectivity index (χ0n) is 23.6. The Hall–Kier alpha value is -1.76. The summed E-state index contributed by atoms with van der Waals surface area (Å²) in [5, 5.41) is 9.07. The lowest BCUT2D eigenvalue weighted by Crippen LogP contribution is -2.49. The Kier molecular flexibility index (Phi) is 11.6. The van der Waals surface area contributed by atoms with E-state index in [0.717, 1.165) is 62.1 Å². The first-order valence-electron chi connectivity index (χ1n) is 15.0. The van der Waals surface area contributed by atoms with Crippen molar-refractivity contribution in [2.45, 2.75) is 127 Å². The van der Waals surface area contributed by atoms with E-state index in [0.29, 0.717) is 37.5 Å². The maximum atomic E-state index is 13.7. The molecule has 3 aliphatic rings. The van der Waals surface area contributed by atoms with Gasteiger partial charge < -0.3 is 15.4 Å². The molecule has 226 valence electrons. The van der Waals surface area contributed by atoms with E-state index in [1.165, 1.54) is 32.8 Å². The standard InChI is InChI=1S/C28H46N4O6S2/c1-38-28(34)31-23(16-19-8-4-2-5-9-19)26(33)29-24(17-20-12-14-22(15-13-20)32-40(35,36)37)27-30-25(18-39-27)21-10-6-3-7-11-21/h18-24,32H,2-17H2,1H3,(H,29,33)(H,31,34)(H,35,36,37)/t20?,22?,23-,24-/m0/s1. The van der Waals surface area contributed by atoms with Gasteiger partial charge in [0.25, 0.3) is 0 Å². The number of hydrogen-bond donors (Lipinski definition) is 4. The van der Waals surface area contributed by atoms with Gasteiger partial charge in [-0.3, -0.25) is 9.35 Å². The normalized spacial score (nSPS) is 24.6. The summed E-state index contributed by atoms with van der Waals surface area (Å²) in [6.45, 7) is 0. The number of rotatable bonds is 11. The lowest BCUT2D eigenvalue weighted by Gasteiger charge is -2.31. The molecule has 0 saturated heterocycles. The molecule has 0 radical (unpaired) electrons. The van der Waals surface area contributed by atoms with E-state index in [4.69, 9.17) is 14.3 Å². The molecule has 40 heavy (non-hydrogen) atoms. The Bertz CT molecular complexity index is 1060. The van der Waals surface area contributed by atoms with Crippen LogP contribution < -0.4 is 15.4 Å². The smallest absolute Gasteiger partial charge is 0.407 e. The Morgan fingerprint density at radius 2 is 1.57 bits per heavy atom. The molecule has 0 aliphatic heterocycles. The third-order valence-corrected chi connectivity index (χ3v) is 10.6. The fraction of sp³-hybridized carbons (Fsp3) is 0.821. The summed E-state index contributed by atoms with van der Waals surface area (Å²) in [7, 11) is -2.92. The summed E-state index contributed by atoms with van der Waals surface area (Å²) in [6.07, 6.45) is 15.2. The van der Waals surface area contributed by atoms with Gasteiger partial charge in [0, 0.05) is 17.3 Å². The third kappa shape index (κ3) is 9.66. The Balaban J connectivity index is 1.47. The van der Waals surface area contributed by atoms with Crippen LogP contribution in [-0.4, -0.2) is 49.1 Å². The molecule has 10 nitrogen and oxygen atoms in total. The van der Waals surface area contributed by atoms with Crippen molar-refractivity contribution in [3.8, 4) is 0 Å². The van der Waals surface area contributed by atoms with Gasteiger partial charge >= 0.3 is 16.4 Å². The number of alkyl carbamates (subject to hydrolysis) is 1. The molecule has 0 aromatic carbocycles. The highest BCUT2D eigenvalue weighted by atomic mass is 32.2. The van der Waals surface area contributed by atoms with Crippen LogP contribution in [0.5, 0.6) is 0 Å². The minimum absolute atomic E-state index is 0.211. The number of nitrogens with zero attached hydrogens (tertiary/aromatic N) is 1. The van der Waals surface area contributed by atoms with E-state index in [1.54, 1.807) is 11.3 Å². The molecule has 1 aromatic rings. The van der Waals surface area contributed by atoms with Gasteiger partial charge in [-0.25, -0.2) is 9.78 Å². The number of nitrogens with one attached hydrogen (secondary N) is 3. The van der Waals surface area contributed by atoms with Crippen LogP contribution in [0, 0.1) is 11.8 Å². The zero-order valence-corrected chi connectivity index (χ0v) is 25.2. The van der Waals surface area contributed by atoms with Crippen LogP contribution >= 0.6 is 11.3 Å². The quantitative estimate of drug-likeness (QED) is 0.250. The SMILES string of the molecule is COC(=O)N[C@@H](CC1CCCCC1)C(=O)N[C@@H](CC1CCC(NS(=O)(=O)O)CC1)c1nc(C2CCCCC2)cs1. The minimum Gasteiger partial charge on any atom is -0.453 e. The number of carbonyl (C=O) groups is 2. The van der Waals surface area contributed by atoms with Crippen molar-refractivity contribution in [3.63, 3.8) is 0 Å². The maximum Gasteiger partial charge on any atom is 0.407 e. The summed E-state index contributed by atoms with van der Waals surface area (Å²) in [5.41, 5.74) is 1.12. The van der Waals surface area contributed by atoms with Gasteiger partial charge in [0.2, 0.25) is 5.91 Å². The van der Waals surface area contributed by atoms with Crippen molar-refractivity contribution in [2.75, 3.05) is 7.11 Å². The van der Waals surface area contributed by atoms with E-state index in [9.17, 15) is 18.0 Å². The average molecular weight is 599 g/mol. The number of carbonyl (C=O) groups excluding carboxylic acids is 2. The van der Waals surface area contributed by atoms with Gasteiger partial charge in [-0.1, -0.05) is 51.4 Å². The van der Waals surface area contributed by atoms with E-state index in [2.05, 4.69) is 20.7 Å². The second-order valence-electron chi connectivity index (χ2n) is 12.0. The fourth-order valence-corrected chi connectivity index (χ4v) is 8.41. The number of hydrogen-bond acceptors (Lipinski definition) is 7. The molecule has 3 fully saturated rings. The summed E-state index contributed by atoms with van der Waals surface area (Å²) in [6, 6.07) is -1.24. The van der Waals surface area contributed by atoms with Gasteiger partial charge in [-0.2, -0.15) is 13.1 Å². The number of thiazole rings is 1. The lowest BCUT2D eigenvalue weighted by atomic mass is 9.82. The highest BCUT2D eigenvalue weighted by molar-refractivity contribution is 7.83. The van der Waals surface area contributed by atoms with Crippen molar-refractivity contribution in [1.29, 1.82) is 0 Å². The van der Waals surface area contributed by atoms with Crippen molar-refractivity contribution in [2.24, 2.45) is 11.8 Å².